The minimum Gasteiger partial charge on any atom is -0.455 e. The largest absolute Gasteiger partial charge is 0.455 e. The SMILES string of the molecule is CC(=O)Nc1sc(C)c(C)c1C(=O)OCc1cc(=O)n2cc(C)ccc2n1. The van der Waals surface area contributed by atoms with Gasteiger partial charge in [0.25, 0.3) is 5.56 Å². The Morgan fingerprint density at radius 2 is 2.00 bits per heavy atom. The Bertz CT molecular complexity index is 1110. The van der Waals surface area contributed by atoms with Gasteiger partial charge in [0.05, 0.1) is 11.3 Å². The van der Waals surface area contributed by atoms with Gasteiger partial charge in [0.15, 0.2) is 0 Å². The summed E-state index contributed by atoms with van der Waals surface area (Å²) in [5.74, 6) is -0.823. The van der Waals surface area contributed by atoms with E-state index in [9.17, 15) is 14.4 Å². The van der Waals surface area contributed by atoms with Crippen LogP contribution in [0.2, 0.25) is 0 Å². The van der Waals surface area contributed by atoms with Crippen molar-refractivity contribution in [1.82, 2.24) is 9.38 Å². The molecule has 7 nitrogen and oxygen atoms in total. The number of hydrogen-bond acceptors (Lipinski definition) is 6. The van der Waals surface area contributed by atoms with Crippen LogP contribution in [0.5, 0.6) is 0 Å². The van der Waals surface area contributed by atoms with Gasteiger partial charge >= 0.3 is 5.97 Å². The molecule has 1 N–H and O–H groups in total. The van der Waals surface area contributed by atoms with E-state index in [4.69, 9.17) is 4.74 Å². The zero-order valence-corrected chi connectivity index (χ0v) is 16.3. The third kappa shape index (κ3) is 3.90. The third-order valence-electron chi connectivity index (χ3n) is 4.09. The number of anilines is 1. The molecular weight excluding hydrogens is 366 g/mol. The normalized spacial score (nSPS) is 10.8. The Hall–Kier alpha value is -3.00. The lowest BCUT2D eigenvalue weighted by molar-refractivity contribution is -0.114. The Labute approximate surface area is 159 Å². The Morgan fingerprint density at radius 1 is 1.26 bits per heavy atom. The Balaban J connectivity index is 1.84. The molecule has 0 radical (unpaired) electrons. The van der Waals surface area contributed by atoms with Gasteiger partial charge in [0, 0.05) is 24.1 Å². The monoisotopic (exact) mass is 385 g/mol. The Morgan fingerprint density at radius 3 is 2.70 bits per heavy atom. The van der Waals surface area contributed by atoms with E-state index in [0.29, 0.717) is 21.9 Å². The number of rotatable bonds is 4. The van der Waals surface area contributed by atoms with E-state index in [2.05, 4.69) is 10.3 Å². The predicted octanol–water partition coefficient (Wildman–Crippen LogP) is 3.00. The first kappa shape index (κ1) is 18.8. The highest BCUT2D eigenvalue weighted by Gasteiger charge is 2.22. The molecule has 0 spiro atoms. The van der Waals surface area contributed by atoms with Crippen LogP contribution in [0.25, 0.3) is 5.65 Å². The second kappa shape index (κ2) is 7.32. The van der Waals surface area contributed by atoms with E-state index in [1.807, 2.05) is 19.9 Å². The summed E-state index contributed by atoms with van der Waals surface area (Å²) < 4.78 is 6.81. The standard InChI is InChI=1S/C19H19N3O4S/c1-10-5-6-15-21-14(7-16(24)22(15)8-10)9-26-19(25)17-11(2)12(3)27-18(17)20-13(4)23/h5-8H,9H2,1-4H3,(H,20,23). The summed E-state index contributed by atoms with van der Waals surface area (Å²) in [6.07, 6.45) is 1.71. The van der Waals surface area contributed by atoms with Crippen molar-refractivity contribution in [2.24, 2.45) is 0 Å². The zero-order chi connectivity index (χ0) is 19.7. The van der Waals surface area contributed by atoms with E-state index in [1.165, 1.54) is 28.7 Å². The van der Waals surface area contributed by atoms with Gasteiger partial charge in [-0.05, 0) is 38.0 Å². The molecule has 3 heterocycles. The van der Waals surface area contributed by atoms with Crippen LogP contribution in [-0.4, -0.2) is 21.3 Å². The van der Waals surface area contributed by atoms with Crippen LogP contribution in [0.15, 0.2) is 29.2 Å². The van der Waals surface area contributed by atoms with Gasteiger partial charge in [-0.1, -0.05) is 6.07 Å². The van der Waals surface area contributed by atoms with Crippen LogP contribution in [0, 0.1) is 20.8 Å². The number of aromatic nitrogens is 2. The van der Waals surface area contributed by atoms with Gasteiger partial charge in [-0.2, -0.15) is 0 Å². The van der Waals surface area contributed by atoms with E-state index in [-0.39, 0.29) is 18.1 Å². The summed E-state index contributed by atoms with van der Waals surface area (Å²) >= 11 is 1.32. The van der Waals surface area contributed by atoms with Crippen molar-refractivity contribution in [3.63, 3.8) is 0 Å². The fraction of sp³-hybridized carbons (Fsp3) is 0.263. The number of pyridine rings is 1. The number of thiophene rings is 1. The molecule has 0 aliphatic heterocycles. The van der Waals surface area contributed by atoms with Crippen LogP contribution < -0.4 is 10.9 Å². The highest BCUT2D eigenvalue weighted by molar-refractivity contribution is 7.16. The van der Waals surface area contributed by atoms with E-state index < -0.39 is 5.97 Å². The first-order chi connectivity index (χ1) is 12.8. The maximum atomic E-state index is 12.6. The lowest BCUT2D eigenvalue weighted by atomic mass is 10.1. The smallest absolute Gasteiger partial charge is 0.341 e. The number of nitrogens with one attached hydrogen (secondary N) is 1. The molecule has 0 fully saturated rings. The highest BCUT2D eigenvalue weighted by atomic mass is 32.1. The molecule has 3 aromatic rings. The van der Waals surface area contributed by atoms with Gasteiger partial charge in [-0.25, -0.2) is 9.78 Å². The minimum atomic E-state index is -0.563. The first-order valence-electron chi connectivity index (χ1n) is 8.30. The second-order valence-electron chi connectivity index (χ2n) is 6.27. The second-order valence-corrected chi connectivity index (χ2v) is 7.49. The molecule has 0 saturated carbocycles. The van der Waals surface area contributed by atoms with E-state index >= 15 is 0 Å². The molecule has 3 aromatic heterocycles. The molecule has 0 atom stereocenters. The van der Waals surface area contributed by atoms with Gasteiger partial charge < -0.3 is 10.1 Å². The molecule has 0 aliphatic rings. The molecule has 0 aliphatic carbocycles. The fourth-order valence-electron chi connectivity index (χ4n) is 2.66. The number of fused-ring (bicyclic) bond motifs is 1. The summed E-state index contributed by atoms with van der Waals surface area (Å²) in [7, 11) is 0. The van der Waals surface area contributed by atoms with Gasteiger partial charge in [-0.15, -0.1) is 11.3 Å². The van der Waals surface area contributed by atoms with E-state index in [0.717, 1.165) is 16.0 Å². The summed E-state index contributed by atoms with van der Waals surface area (Å²) in [5, 5.41) is 3.13. The van der Waals surface area contributed by atoms with Crippen molar-refractivity contribution in [2.75, 3.05) is 5.32 Å². The lowest BCUT2D eigenvalue weighted by Gasteiger charge is -2.08. The number of aryl methyl sites for hydroxylation is 2. The van der Waals surface area contributed by atoms with Gasteiger partial charge in [0.2, 0.25) is 5.91 Å². The van der Waals surface area contributed by atoms with Crippen LogP contribution in [0.3, 0.4) is 0 Å². The minimum absolute atomic E-state index is 0.133. The van der Waals surface area contributed by atoms with Crippen LogP contribution in [0.4, 0.5) is 5.00 Å². The Kier molecular flexibility index (Phi) is 5.09. The summed E-state index contributed by atoms with van der Waals surface area (Å²) in [4.78, 5) is 41.5. The number of carbonyl (C=O) groups excluding carboxylic acids is 2. The summed E-state index contributed by atoms with van der Waals surface area (Å²) in [6, 6.07) is 4.94. The van der Waals surface area contributed by atoms with Crippen molar-refractivity contribution < 1.29 is 14.3 Å². The van der Waals surface area contributed by atoms with Crippen molar-refractivity contribution >= 4 is 33.9 Å². The topological polar surface area (TPSA) is 89.8 Å². The summed E-state index contributed by atoms with van der Waals surface area (Å²) in [6.45, 7) is 6.81. The summed E-state index contributed by atoms with van der Waals surface area (Å²) in [5.41, 5.74) is 2.65. The van der Waals surface area contributed by atoms with Crippen molar-refractivity contribution in [3.8, 4) is 0 Å². The molecular formula is C19H19N3O4S. The maximum absolute atomic E-state index is 12.6. The van der Waals surface area contributed by atoms with E-state index in [1.54, 1.807) is 19.2 Å². The molecule has 0 bridgehead atoms. The molecule has 140 valence electrons. The van der Waals surface area contributed by atoms with Crippen LogP contribution >= 0.6 is 11.3 Å². The average Bonchev–Trinajstić information content (AvgIpc) is 2.86. The molecule has 1 amide bonds. The number of hydrogen-bond donors (Lipinski definition) is 1. The van der Waals surface area contributed by atoms with Crippen molar-refractivity contribution in [3.05, 3.63) is 62.0 Å². The molecule has 0 unspecified atom stereocenters. The number of amides is 1. The molecule has 0 saturated heterocycles. The van der Waals surface area contributed by atoms with Crippen LogP contribution in [-0.2, 0) is 16.1 Å². The number of nitrogens with zero attached hydrogens (tertiary/aromatic N) is 2. The maximum Gasteiger partial charge on any atom is 0.341 e. The highest BCUT2D eigenvalue weighted by Crippen LogP contribution is 2.33. The van der Waals surface area contributed by atoms with Crippen LogP contribution in [0.1, 0.15) is 39.0 Å². The quantitative estimate of drug-likeness (QED) is 0.698. The predicted molar refractivity (Wildman–Crippen MR) is 103 cm³/mol. The molecule has 27 heavy (non-hydrogen) atoms. The average molecular weight is 385 g/mol. The number of esters is 1. The number of ether oxygens (including phenoxy) is 1. The number of carbonyl (C=O) groups is 2. The molecule has 3 rings (SSSR count). The van der Waals surface area contributed by atoms with Gasteiger partial charge in [-0.3, -0.25) is 14.0 Å². The first-order valence-corrected chi connectivity index (χ1v) is 9.11. The third-order valence-corrected chi connectivity index (χ3v) is 5.21. The molecule has 8 heteroatoms. The zero-order valence-electron chi connectivity index (χ0n) is 15.5. The molecule has 0 aromatic carbocycles. The van der Waals surface area contributed by atoms with Crippen molar-refractivity contribution in [1.29, 1.82) is 0 Å². The lowest BCUT2D eigenvalue weighted by Crippen LogP contribution is -2.17. The van der Waals surface area contributed by atoms with Gasteiger partial charge in [0.1, 0.15) is 17.3 Å². The fourth-order valence-corrected chi connectivity index (χ4v) is 3.76. The van der Waals surface area contributed by atoms with Crippen molar-refractivity contribution in [2.45, 2.75) is 34.3 Å².